The van der Waals surface area contributed by atoms with Crippen LogP contribution in [0.15, 0.2) is 0 Å². The molecule has 0 aromatic heterocycles. The Bertz CT molecular complexity index is 217. The zero-order valence-electron chi connectivity index (χ0n) is 7.82. The highest BCUT2D eigenvalue weighted by Crippen LogP contribution is 2.28. The zero-order chi connectivity index (χ0) is 10.8. The molecule has 0 saturated heterocycles. The summed E-state index contributed by atoms with van der Waals surface area (Å²) in [6, 6.07) is 0.298. The molecule has 2 atom stereocenters. The minimum absolute atomic E-state index is 0.0366. The molecule has 1 fully saturated rings. The molecule has 82 valence electrons. The van der Waals surface area contributed by atoms with Crippen LogP contribution in [0.25, 0.3) is 0 Å². The number of carbonyl (C=O) groups excluding carboxylic acids is 1. The number of alkyl halides is 3. The fourth-order valence-corrected chi connectivity index (χ4v) is 1.09. The van der Waals surface area contributed by atoms with E-state index in [2.05, 4.69) is 5.32 Å². The molecule has 0 aliphatic heterocycles. The maximum Gasteiger partial charge on any atom is 0.405 e. The first-order valence-electron chi connectivity index (χ1n) is 4.45. The first kappa shape index (κ1) is 11.3. The standard InChI is InChI=1S/C8H13F3N2O/c1-5-2-6(5)12-3-7(14)13-4-8(9,10)11/h5-6,12H,2-4H2,1H3,(H,13,14). The van der Waals surface area contributed by atoms with Gasteiger partial charge in [0.05, 0.1) is 6.54 Å². The summed E-state index contributed by atoms with van der Waals surface area (Å²) >= 11 is 0. The molecule has 6 heteroatoms. The van der Waals surface area contributed by atoms with Crippen LogP contribution in [-0.2, 0) is 4.79 Å². The summed E-state index contributed by atoms with van der Waals surface area (Å²) in [5.41, 5.74) is 0. The summed E-state index contributed by atoms with van der Waals surface area (Å²) < 4.78 is 35.0. The molecule has 0 aromatic carbocycles. The number of halogens is 3. The van der Waals surface area contributed by atoms with E-state index in [0.29, 0.717) is 12.0 Å². The Morgan fingerprint density at radius 1 is 1.50 bits per heavy atom. The largest absolute Gasteiger partial charge is 0.405 e. The van der Waals surface area contributed by atoms with Gasteiger partial charge in [-0.05, 0) is 12.3 Å². The molecule has 2 N–H and O–H groups in total. The van der Waals surface area contributed by atoms with Crippen molar-refractivity contribution in [1.29, 1.82) is 0 Å². The van der Waals surface area contributed by atoms with Gasteiger partial charge in [0.1, 0.15) is 6.54 Å². The molecule has 2 unspecified atom stereocenters. The fraction of sp³-hybridized carbons (Fsp3) is 0.875. The Balaban J connectivity index is 2.04. The van der Waals surface area contributed by atoms with Gasteiger partial charge in [-0.3, -0.25) is 4.79 Å². The molecule has 0 radical (unpaired) electrons. The predicted octanol–water partition coefficient (Wildman–Crippen LogP) is 0.663. The molecule has 0 spiro atoms. The van der Waals surface area contributed by atoms with Crippen LogP contribution in [0.2, 0.25) is 0 Å². The second-order valence-corrected chi connectivity index (χ2v) is 3.59. The van der Waals surface area contributed by atoms with Crippen molar-refractivity contribution in [2.75, 3.05) is 13.1 Å². The van der Waals surface area contributed by atoms with Crippen LogP contribution in [-0.4, -0.2) is 31.2 Å². The molecule has 0 heterocycles. The third kappa shape index (κ3) is 4.45. The van der Waals surface area contributed by atoms with Crippen LogP contribution in [0.1, 0.15) is 13.3 Å². The number of hydrogen-bond acceptors (Lipinski definition) is 2. The Hall–Kier alpha value is -0.780. The highest BCUT2D eigenvalue weighted by atomic mass is 19.4. The van der Waals surface area contributed by atoms with Crippen molar-refractivity contribution in [3.8, 4) is 0 Å². The van der Waals surface area contributed by atoms with Crippen LogP contribution >= 0.6 is 0 Å². The lowest BCUT2D eigenvalue weighted by molar-refractivity contribution is -0.137. The first-order valence-corrected chi connectivity index (χ1v) is 4.45. The maximum atomic E-state index is 11.7. The van der Waals surface area contributed by atoms with E-state index in [0.717, 1.165) is 6.42 Å². The van der Waals surface area contributed by atoms with Gasteiger partial charge < -0.3 is 10.6 Å². The number of nitrogens with one attached hydrogen (secondary N) is 2. The molecule has 1 amide bonds. The summed E-state index contributed by atoms with van der Waals surface area (Å²) in [4.78, 5) is 10.9. The number of amides is 1. The minimum atomic E-state index is -4.33. The van der Waals surface area contributed by atoms with Crippen molar-refractivity contribution in [1.82, 2.24) is 10.6 Å². The van der Waals surface area contributed by atoms with Gasteiger partial charge in [-0.1, -0.05) is 6.92 Å². The third-order valence-electron chi connectivity index (χ3n) is 2.12. The lowest BCUT2D eigenvalue weighted by Crippen LogP contribution is -2.39. The van der Waals surface area contributed by atoms with Gasteiger partial charge in [-0.2, -0.15) is 13.2 Å². The highest BCUT2D eigenvalue weighted by Gasteiger charge is 2.32. The smallest absolute Gasteiger partial charge is 0.346 e. The average molecular weight is 210 g/mol. The van der Waals surface area contributed by atoms with Crippen molar-refractivity contribution in [2.24, 2.45) is 5.92 Å². The van der Waals surface area contributed by atoms with Crippen LogP contribution in [0.5, 0.6) is 0 Å². The number of rotatable bonds is 4. The normalized spacial score (nSPS) is 26.0. The molecule has 1 saturated carbocycles. The van der Waals surface area contributed by atoms with E-state index in [1.54, 1.807) is 5.32 Å². The van der Waals surface area contributed by atoms with Crippen LogP contribution in [0.4, 0.5) is 13.2 Å². The fourth-order valence-electron chi connectivity index (χ4n) is 1.09. The average Bonchev–Trinajstić information content (AvgIpc) is 2.73. The second-order valence-electron chi connectivity index (χ2n) is 3.59. The first-order chi connectivity index (χ1) is 6.38. The van der Waals surface area contributed by atoms with E-state index in [1.165, 1.54) is 0 Å². The maximum absolute atomic E-state index is 11.7. The Kier molecular flexibility index (Phi) is 3.36. The van der Waals surface area contributed by atoms with E-state index < -0.39 is 18.6 Å². The lowest BCUT2D eigenvalue weighted by Gasteiger charge is -2.08. The van der Waals surface area contributed by atoms with Crippen LogP contribution < -0.4 is 10.6 Å². The molecule has 1 aliphatic carbocycles. The molecular formula is C8H13F3N2O. The molecule has 0 bridgehead atoms. The summed E-state index contributed by atoms with van der Waals surface area (Å²) in [5, 5.41) is 4.66. The Morgan fingerprint density at radius 3 is 2.50 bits per heavy atom. The zero-order valence-corrected chi connectivity index (χ0v) is 7.82. The van der Waals surface area contributed by atoms with Crippen molar-refractivity contribution in [2.45, 2.75) is 25.6 Å². The summed E-state index contributed by atoms with van der Waals surface area (Å²) in [6.07, 6.45) is -3.34. The summed E-state index contributed by atoms with van der Waals surface area (Å²) in [7, 11) is 0. The monoisotopic (exact) mass is 210 g/mol. The lowest BCUT2D eigenvalue weighted by atomic mass is 10.4. The minimum Gasteiger partial charge on any atom is -0.346 e. The van der Waals surface area contributed by atoms with Crippen LogP contribution in [0.3, 0.4) is 0 Å². The van der Waals surface area contributed by atoms with Gasteiger partial charge in [-0.15, -0.1) is 0 Å². The summed E-state index contributed by atoms with van der Waals surface area (Å²) in [6.45, 7) is 0.726. The van der Waals surface area contributed by atoms with Gasteiger partial charge in [0.15, 0.2) is 0 Å². The number of hydrogen-bond donors (Lipinski definition) is 2. The molecule has 14 heavy (non-hydrogen) atoms. The summed E-state index contributed by atoms with van der Waals surface area (Å²) in [5.74, 6) is -0.0770. The molecule has 1 rings (SSSR count). The Labute approximate surface area is 80.0 Å². The predicted molar refractivity (Wildman–Crippen MR) is 44.6 cm³/mol. The van der Waals surface area contributed by atoms with Gasteiger partial charge in [0.2, 0.25) is 5.91 Å². The van der Waals surface area contributed by atoms with Gasteiger partial charge >= 0.3 is 6.18 Å². The van der Waals surface area contributed by atoms with E-state index in [4.69, 9.17) is 0 Å². The Morgan fingerprint density at radius 2 is 2.07 bits per heavy atom. The van der Waals surface area contributed by atoms with Crippen molar-refractivity contribution >= 4 is 5.91 Å². The molecular weight excluding hydrogens is 197 g/mol. The van der Waals surface area contributed by atoms with Crippen molar-refractivity contribution in [3.05, 3.63) is 0 Å². The van der Waals surface area contributed by atoms with E-state index in [-0.39, 0.29) is 6.54 Å². The molecule has 3 nitrogen and oxygen atoms in total. The van der Waals surface area contributed by atoms with Crippen molar-refractivity contribution in [3.63, 3.8) is 0 Å². The van der Waals surface area contributed by atoms with Crippen LogP contribution in [0, 0.1) is 5.92 Å². The molecule has 0 aromatic rings. The topological polar surface area (TPSA) is 41.1 Å². The van der Waals surface area contributed by atoms with Gasteiger partial charge in [-0.25, -0.2) is 0 Å². The quantitative estimate of drug-likeness (QED) is 0.715. The van der Waals surface area contributed by atoms with Crippen molar-refractivity contribution < 1.29 is 18.0 Å². The SMILES string of the molecule is CC1CC1NCC(=O)NCC(F)(F)F. The highest BCUT2D eigenvalue weighted by molar-refractivity contribution is 5.78. The van der Waals surface area contributed by atoms with Gasteiger partial charge in [0, 0.05) is 6.04 Å². The van der Waals surface area contributed by atoms with Gasteiger partial charge in [0.25, 0.3) is 0 Å². The second kappa shape index (κ2) is 4.16. The number of carbonyl (C=O) groups is 1. The van der Waals surface area contributed by atoms with E-state index >= 15 is 0 Å². The van der Waals surface area contributed by atoms with E-state index in [9.17, 15) is 18.0 Å². The molecule has 1 aliphatic rings. The van der Waals surface area contributed by atoms with E-state index in [1.807, 2.05) is 6.92 Å². The third-order valence-corrected chi connectivity index (χ3v) is 2.12.